The first-order chi connectivity index (χ1) is 8.98. The molecule has 2 aliphatic rings. The molecule has 2 nitrogen and oxygen atoms in total. The zero-order valence-corrected chi connectivity index (χ0v) is 10.0. The SMILES string of the molecule is O=C(OC(C1CC1)C1CC1)C(F)(F)C(F)(F)C(F)(F)F. The van der Waals surface area contributed by atoms with Crippen LogP contribution >= 0.6 is 0 Å². The molecule has 0 aromatic rings. The summed E-state index contributed by atoms with van der Waals surface area (Å²) >= 11 is 0. The minimum atomic E-state index is -6.52. The lowest BCUT2D eigenvalue weighted by Gasteiger charge is -2.28. The molecule has 0 atom stereocenters. The summed E-state index contributed by atoms with van der Waals surface area (Å²) in [4.78, 5) is 11.1. The first-order valence-corrected chi connectivity index (χ1v) is 6.02. The first-order valence-electron chi connectivity index (χ1n) is 6.02. The standard InChI is InChI=1S/C11H11F7O2/c12-9(13,10(14,15)11(16,17)18)8(19)20-7(5-1-2-5)6-3-4-6/h5-7H,1-4H2. The van der Waals surface area contributed by atoms with Crippen molar-refractivity contribution in [2.45, 2.75) is 49.8 Å². The van der Waals surface area contributed by atoms with Gasteiger partial charge in [-0.25, -0.2) is 4.79 Å². The van der Waals surface area contributed by atoms with E-state index in [4.69, 9.17) is 0 Å². The largest absolute Gasteiger partial charge is 0.460 e. The Morgan fingerprint density at radius 2 is 1.30 bits per heavy atom. The second-order valence-corrected chi connectivity index (χ2v) is 5.19. The summed E-state index contributed by atoms with van der Waals surface area (Å²) in [5.74, 6) is -15.6. The minimum Gasteiger partial charge on any atom is -0.457 e. The minimum absolute atomic E-state index is 0.207. The van der Waals surface area contributed by atoms with Crippen LogP contribution in [0.1, 0.15) is 25.7 Å². The third-order valence-electron chi connectivity index (χ3n) is 3.42. The number of hydrogen-bond acceptors (Lipinski definition) is 2. The number of rotatable bonds is 5. The number of carbonyl (C=O) groups excluding carboxylic acids is 1. The molecule has 0 aromatic heterocycles. The highest BCUT2D eigenvalue weighted by molar-refractivity contribution is 5.79. The highest BCUT2D eigenvalue weighted by Crippen LogP contribution is 2.50. The lowest BCUT2D eigenvalue weighted by Crippen LogP contribution is -2.57. The van der Waals surface area contributed by atoms with Crippen LogP contribution in [0, 0.1) is 11.8 Å². The van der Waals surface area contributed by atoms with Gasteiger partial charge in [0.25, 0.3) is 0 Å². The fourth-order valence-electron chi connectivity index (χ4n) is 1.93. The van der Waals surface area contributed by atoms with Crippen molar-refractivity contribution in [3.8, 4) is 0 Å². The van der Waals surface area contributed by atoms with Crippen molar-refractivity contribution in [1.29, 1.82) is 0 Å². The Morgan fingerprint density at radius 1 is 0.900 bits per heavy atom. The van der Waals surface area contributed by atoms with Gasteiger partial charge in [0.1, 0.15) is 6.10 Å². The quantitative estimate of drug-likeness (QED) is 0.573. The predicted octanol–water partition coefficient (Wildman–Crippen LogP) is 3.55. The van der Waals surface area contributed by atoms with E-state index in [1.807, 2.05) is 0 Å². The molecule has 0 radical (unpaired) electrons. The lowest BCUT2D eigenvalue weighted by atomic mass is 10.1. The molecule has 2 fully saturated rings. The Hall–Kier alpha value is -1.02. The molecule has 0 N–H and O–H groups in total. The Labute approximate surface area is 109 Å². The van der Waals surface area contributed by atoms with Gasteiger partial charge in [-0.3, -0.25) is 0 Å². The molecule has 0 aliphatic heterocycles. The van der Waals surface area contributed by atoms with Gasteiger partial charge in [0, 0.05) is 0 Å². The van der Waals surface area contributed by atoms with Crippen LogP contribution in [-0.2, 0) is 9.53 Å². The van der Waals surface area contributed by atoms with E-state index in [0.717, 1.165) is 0 Å². The average Bonchev–Trinajstić information content (AvgIpc) is 3.13. The third-order valence-corrected chi connectivity index (χ3v) is 3.42. The predicted molar refractivity (Wildman–Crippen MR) is 51.3 cm³/mol. The smallest absolute Gasteiger partial charge is 0.457 e. The van der Waals surface area contributed by atoms with E-state index < -0.39 is 30.1 Å². The fraction of sp³-hybridized carbons (Fsp3) is 0.909. The number of carbonyl (C=O) groups is 1. The van der Waals surface area contributed by atoms with Gasteiger partial charge in [-0.15, -0.1) is 0 Å². The van der Waals surface area contributed by atoms with Crippen molar-refractivity contribution in [3.05, 3.63) is 0 Å². The number of ether oxygens (including phenoxy) is 1. The summed E-state index contributed by atoms with van der Waals surface area (Å²) < 4.78 is 91.6. The van der Waals surface area contributed by atoms with Gasteiger partial charge >= 0.3 is 24.0 Å². The van der Waals surface area contributed by atoms with Crippen LogP contribution in [0.15, 0.2) is 0 Å². The van der Waals surface area contributed by atoms with Gasteiger partial charge in [0.05, 0.1) is 0 Å². The maximum Gasteiger partial charge on any atom is 0.460 e. The summed E-state index contributed by atoms with van der Waals surface area (Å²) in [6.07, 6.45) is -5.13. The van der Waals surface area contributed by atoms with E-state index in [1.54, 1.807) is 0 Å². The molecule has 0 saturated heterocycles. The van der Waals surface area contributed by atoms with Gasteiger partial charge in [-0.1, -0.05) is 0 Å². The van der Waals surface area contributed by atoms with Crippen molar-refractivity contribution in [2.75, 3.05) is 0 Å². The monoisotopic (exact) mass is 308 g/mol. The normalized spacial score (nSPS) is 21.2. The highest BCUT2D eigenvalue weighted by Gasteiger charge is 2.77. The van der Waals surface area contributed by atoms with Gasteiger partial charge < -0.3 is 4.74 Å². The van der Waals surface area contributed by atoms with Crippen LogP contribution in [-0.4, -0.2) is 30.1 Å². The molecular formula is C11H11F7O2. The molecule has 2 saturated carbocycles. The molecule has 0 unspecified atom stereocenters. The molecule has 2 rings (SSSR count). The second-order valence-electron chi connectivity index (χ2n) is 5.19. The van der Waals surface area contributed by atoms with Crippen LogP contribution < -0.4 is 0 Å². The van der Waals surface area contributed by atoms with Crippen molar-refractivity contribution in [1.82, 2.24) is 0 Å². The zero-order chi connectivity index (χ0) is 15.3. The summed E-state index contributed by atoms with van der Waals surface area (Å²) in [6.45, 7) is 0. The Morgan fingerprint density at radius 3 is 1.60 bits per heavy atom. The van der Waals surface area contributed by atoms with E-state index in [2.05, 4.69) is 4.74 Å². The molecule has 0 heterocycles. The molecular weight excluding hydrogens is 297 g/mol. The van der Waals surface area contributed by atoms with E-state index in [1.165, 1.54) is 0 Å². The van der Waals surface area contributed by atoms with Crippen LogP contribution in [0.3, 0.4) is 0 Å². The summed E-state index contributed by atoms with van der Waals surface area (Å²) in [7, 11) is 0. The number of alkyl halides is 7. The third kappa shape index (κ3) is 2.58. The van der Waals surface area contributed by atoms with Crippen molar-refractivity contribution in [2.24, 2.45) is 11.8 Å². The molecule has 0 aromatic carbocycles. The zero-order valence-electron chi connectivity index (χ0n) is 10.0. The van der Waals surface area contributed by atoms with Crippen molar-refractivity contribution in [3.63, 3.8) is 0 Å². The van der Waals surface area contributed by atoms with Crippen molar-refractivity contribution < 1.29 is 40.3 Å². The van der Waals surface area contributed by atoms with Gasteiger partial charge in [-0.05, 0) is 37.5 Å². The number of hydrogen-bond donors (Lipinski definition) is 0. The number of esters is 1. The summed E-state index contributed by atoms with van der Waals surface area (Å²) in [5.41, 5.74) is 0. The molecule has 0 amide bonds. The Bertz CT molecular complexity index is 384. The maximum atomic E-state index is 13.1. The maximum absolute atomic E-state index is 13.1. The van der Waals surface area contributed by atoms with Gasteiger partial charge in [0.15, 0.2) is 0 Å². The molecule has 9 heteroatoms. The first kappa shape index (κ1) is 15.4. The summed E-state index contributed by atoms with van der Waals surface area (Å²) in [5, 5.41) is 0. The van der Waals surface area contributed by atoms with Crippen LogP contribution in [0.4, 0.5) is 30.7 Å². The molecule has 20 heavy (non-hydrogen) atoms. The summed E-state index contributed by atoms with van der Waals surface area (Å²) in [6, 6.07) is 0. The van der Waals surface area contributed by atoms with Crippen LogP contribution in [0.5, 0.6) is 0 Å². The topological polar surface area (TPSA) is 26.3 Å². The average molecular weight is 308 g/mol. The second kappa shape index (κ2) is 4.49. The fourth-order valence-corrected chi connectivity index (χ4v) is 1.93. The molecule has 116 valence electrons. The van der Waals surface area contributed by atoms with E-state index in [0.29, 0.717) is 25.7 Å². The Balaban J connectivity index is 2.10. The molecule has 0 spiro atoms. The number of halogens is 7. The van der Waals surface area contributed by atoms with Crippen LogP contribution in [0.25, 0.3) is 0 Å². The van der Waals surface area contributed by atoms with Gasteiger partial charge in [0.2, 0.25) is 0 Å². The van der Waals surface area contributed by atoms with E-state index >= 15 is 0 Å². The van der Waals surface area contributed by atoms with E-state index in [-0.39, 0.29) is 11.8 Å². The molecule has 0 bridgehead atoms. The van der Waals surface area contributed by atoms with Gasteiger partial charge in [-0.2, -0.15) is 30.7 Å². The van der Waals surface area contributed by atoms with Crippen LogP contribution in [0.2, 0.25) is 0 Å². The highest BCUT2D eigenvalue weighted by atomic mass is 19.4. The molecule has 2 aliphatic carbocycles. The Kier molecular flexibility index (Phi) is 3.45. The lowest BCUT2D eigenvalue weighted by molar-refractivity contribution is -0.349. The van der Waals surface area contributed by atoms with E-state index in [9.17, 15) is 35.5 Å². The van der Waals surface area contributed by atoms with Crippen molar-refractivity contribution >= 4 is 5.97 Å².